The Bertz CT molecular complexity index is 1030. The Hall–Kier alpha value is -3.77. The van der Waals surface area contributed by atoms with E-state index in [0.717, 1.165) is 0 Å². The number of carbonyl (C=O) groups excluding carboxylic acids is 1. The third-order valence-electron chi connectivity index (χ3n) is 4.91. The van der Waals surface area contributed by atoms with Crippen LogP contribution in [0.3, 0.4) is 0 Å². The van der Waals surface area contributed by atoms with Crippen molar-refractivity contribution in [3.05, 3.63) is 60.2 Å². The van der Waals surface area contributed by atoms with Crippen LogP contribution in [0.4, 0.5) is 0 Å². The maximum atomic E-state index is 12.6. The molecule has 146 valence electrons. The number of para-hydroxylation sites is 1. The number of rotatable bonds is 5. The number of nitriles is 1. The minimum Gasteiger partial charge on any atom is -0.472 e. The Kier molecular flexibility index (Phi) is 5.57. The molecule has 1 saturated carbocycles. The van der Waals surface area contributed by atoms with Crippen molar-refractivity contribution in [2.75, 3.05) is 0 Å². The van der Waals surface area contributed by atoms with Crippen molar-refractivity contribution in [2.45, 2.75) is 20.0 Å². The lowest BCUT2D eigenvalue weighted by Crippen LogP contribution is -2.14. The normalized spacial score (nSPS) is 19.6. The molecular formula is C23H19NO5. The largest absolute Gasteiger partial charge is 0.472 e. The SMILES string of the molecule is CC1(C)[C@H](C(=O)OC(C#N)c2cccc(Oc3ccccc3)c2)[C@@H]1C#CC(=O)O. The maximum absolute atomic E-state index is 12.6. The quantitative estimate of drug-likeness (QED) is 0.614. The van der Waals surface area contributed by atoms with E-state index in [4.69, 9.17) is 14.6 Å². The standard InChI is InChI=1S/C23H19NO5/c1-23(2)18(11-12-20(25)26)21(23)22(27)29-19(14-24)15-7-6-10-17(13-15)28-16-8-4-3-5-9-16/h3-10,13,18-19,21H,1-2H3,(H,25,26)/t18-,19?,21-/m0/s1. The van der Waals surface area contributed by atoms with Crippen LogP contribution < -0.4 is 4.74 Å². The van der Waals surface area contributed by atoms with Crippen molar-refractivity contribution >= 4 is 11.9 Å². The summed E-state index contributed by atoms with van der Waals surface area (Å²) < 4.78 is 11.2. The van der Waals surface area contributed by atoms with E-state index in [2.05, 4.69) is 11.8 Å². The van der Waals surface area contributed by atoms with Gasteiger partial charge >= 0.3 is 11.9 Å². The molecule has 3 atom stereocenters. The summed E-state index contributed by atoms with van der Waals surface area (Å²) in [5, 5.41) is 18.2. The topological polar surface area (TPSA) is 96.6 Å². The van der Waals surface area contributed by atoms with Gasteiger partial charge < -0.3 is 14.6 Å². The number of hydrogen-bond acceptors (Lipinski definition) is 5. The first-order valence-electron chi connectivity index (χ1n) is 9.00. The molecule has 0 spiro atoms. The Labute approximate surface area is 168 Å². The average molecular weight is 389 g/mol. The van der Waals surface area contributed by atoms with Crippen LogP contribution in [0.15, 0.2) is 54.6 Å². The number of carboxylic acid groups (broad SMARTS) is 1. The highest BCUT2D eigenvalue weighted by molar-refractivity contribution is 5.87. The summed E-state index contributed by atoms with van der Waals surface area (Å²) in [6.07, 6.45) is -1.11. The van der Waals surface area contributed by atoms with Gasteiger partial charge in [-0.05, 0) is 29.7 Å². The fourth-order valence-electron chi connectivity index (χ4n) is 3.21. The monoisotopic (exact) mass is 389 g/mol. The zero-order chi connectivity index (χ0) is 21.0. The molecule has 6 heteroatoms. The number of hydrogen-bond donors (Lipinski definition) is 1. The minimum absolute atomic E-state index is 0.418. The number of nitrogens with zero attached hydrogens (tertiary/aromatic N) is 1. The molecule has 1 N–H and O–H groups in total. The number of carboxylic acids is 1. The molecule has 0 radical (unpaired) electrons. The minimum atomic E-state index is -1.25. The first-order valence-corrected chi connectivity index (χ1v) is 9.00. The second-order valence-corrected chi connectivity index (χ2v) is 7.28. The van der Waals surface area contributed by atoms with Gasteiger partial charge in [0.05, 0.1) is 5.92 Å². The maximum Gasteiger partial charge on any atom is 0.381 e. The van der Waals surface area contributed by atoms with Gasteiger partial charge in [-0.25, -0.2) is 4.79 Å². The highest BCUT2D eigenvalue weighted by Gasteiger charge is 2.62. The summed E-state index contributed by atoms with van der Waals surface area (Å²) in [6.45, 7) is 3.63. The van der Waals surface area contributed by atoms with E-state index in [9.17, 15) is 14.9 Å². The first kappa shape index (κ1) is 20.0. The molecular weight excluding hydrogens is 370 g/mol. The molecule has 0 aliphatic heterocycles. The van der Waals surface area contributed by atoms with E-state index < -0.39 is 35.3 Å². The third-order valence-corrected chi connectivity index (χ3v) is 4.91. The molecule has 2 aromatic carbocycles. The molecule has 1 aliphatic rings. The molecule has 0 saturated heterocycles. The lowest BCUT2D eigenvalue weighted by atomic mass is 10.1. The number of esters is 1. The number of ether oxygens (including phenoxy) is 2. The van der Waals surface area contributed by atoms with Crippen molar-refractivity contribution in [1.82, 2.24) is 0 Å². The second kappa shape index (κ2) is 8.08. The molecule has 1 unspecified atom stereocenters. The van der Waals surface area contributed by atoms with E-state index in [1.54, 1.807) is 24.3 Å². The van der Waals surface area contributed by atoms with Crippen LogP contribution in [-0.4, -0.2) is 17.0 Å². The van der Waals surface area contributed by atoms with E-state index in [1.807, 2.05) is 50.2 Å². The fourth-order valence-corrected chi connectivity index (χ4v) is 3.21. The molecule has 0 amide bonds. The molecule has 0 aromatic heterocycles. The summed E-state index contributed by atoms with van der Waals surface area (Å²) in [7, 11) is 0. The Morgan fingerprint density at radius 3 is 2.45 bits per heavy atom. The summed E-state index contributed by atoms with van der Waals surface area (Å²) in [6, 6.07) is 18.0. The highest BCUT2D eigenvalue weighted by Crippen LogP contribution is 2.58. The summed E-state index contributed by atoms with van der Waals surface area (Å²) >= 11 is 0. The van der Waals surface area contributed by atoms with Crippen LogP contribution in [0.5, 0.6) is 11.5 Å². The summed E-state index contributed by atoms with van der Waals surface area (Å²) in [4.78, 5) is 23.2. The molecule has 1 fully saturated rings. The smallest absolute Gasteiger partial charge is 0.381 e. The zero-order valence-corrected chi connectivity index (χ0v) is 16.0. The van der Waals surface area contributed by atoms with Gasteiger partial charge in [0.25, 0.3) is 0 Å². The summed E-state index contributed by atoms with van der Waals surface area (Å²) in [5.74, 6) is 3.00. The molecule has 2 aromatic rings. The van der Waals surface area contributed by atoms with E-state index in [0.29, 0.717) is 17.1 Å². The predicted octanol–water partition coefficient (Wildman–Crippen LogP) is 3.95. The van der Waals surface area contributed by atoms with Gasteiger partial charge in [-0.15, -0.1) is 0 Å². The molecule has 3 rings (SSSR count). The van der Waals surface area contributed by atoms with Crippen molar-refractivity contribution < 1.29 is 24.2 Å². The Morgan fingerprint density at radius 1 is 1.10 bits per heavy atom. The molecule has 29 heavy (non-hydrogen) atoms. The molecule has 1 aliphatic carbocycles. The highest BCUT2D eigenvalue weighted by atomic mass is 16.5. The predicted molar refractivity (Wildman–Crippen MR) is 104 cm³/mol. The first-order chi connectivity index (χ1) is 13.8. The lowest BCUT2D eigenvalue weighted by Gasteiger charge is -2.13. The molecule has 6 nitrogen and oxygen atoms in total. The lowest BCUT2D eigenvalue weighted by molar-refractivity contribution is -0.149. The van der Waals surface area contributed by atoms with Gasteiger partial charge in [-0.2, -0.15) is 5.26 Å². The van der Waals surface area contributed by atoms with Crippen LogP contribution in [0.25, 0.3) is 0 Å². The van der Waals surface area contributed by atoms with Crippen molar-refractivity contribution in [2.24, 2.45) is 17.3 Å². The molecule has 0 heterocycles. The van der Waals surface area contributed by atoms with Gasteiger partial charge in [-0.3, -0.25) is 4.79 Å². The van der Waals surface area contributed by atoms with E-state index in [1.165, 1.54) is 0 Å². The van der Waals surface area contributed by atoms with Gasteiger partial charge in [-0.1, -0.05) is 50.1 Å². The fraction of sp³-hybridized carbons (Fsp3) is 0.261. The van der Waals surface area contributed by atoms with Crippen molar-refractivity contribution in [3.8, 4) is 29.4 Å². The third kappa shape index (κ3) is 4.56. The average Bonchev–Trinajstić information content (AvgIpc) is 3.26. The van der Waals surface area contributed by atoms with Crippen LogP contribution in [0, 0.1) is 40.4 Å². The zero-order valence-electron chi connectivity index (χ0n) is 16.0. The second-order valence-electron chi connectivity index (χ2n) is 7.28. The van der Waals surface area contributed by atoms with Gasteiger partial charge in [0, 0.05) is 17.4 Å². The number of aliphatic carboxylic acids is 1. The van der Waals surface area contributed by atoms with Crippen molar-refractivity contribution in [1.29, 1.82) is 5.26 Å². The van der Waals surface area contributed by atoms with Gasteiger partial charge in [0.2, 0.25) is 6.10 Å². The van der Waals surface area contributed by atoms with Crippen LogP contribution >= 0.6 is 0 Å². The molecule has 0 bridgehead atoms. The van der Waals surface area contributed by atoms with E-state index in [-0.39, 0.29) is 0 Å². The van der Waals surface area contributed by atoms with Crippen molar-refractivity contribution in [3.63, 3.8) is 0 Å². The Morgan fingerprint density at radius 2 is 1.79 bits per heavy atom. The van der Waals surface area contributed by atoms with Gasteiger partial charge in [0.1, 0.15) is 17.6 Å². The number of benzene rings is 2. The van der Waals surface area contributed by atoms with Crippen LogP contribution in [0.2, 0.25) is 0 Å². The van der Waals surface area contributed by atoms with Crippen LogP contribution in [-0.2, 0) is 14.3 Å². The van der Waals surface area contributed by atoms with Gasteiger partial charge in [0.15, 0.2) is 0 Å². The number of carbonyl (C=O) groups is 2. The summed E-state index contributed by atoms with van der Waals surface area (Å²) in [5.41, 5.74) is -0.0152. The van der Waals surface area contributed by atoms with Crippen LogP contribution in [0.1, 0.15) is 25.5 Å². The Balaban J connectivity index is 1.72. The van der Waals surface area contributed by atoms with E-state index >= 15 is 0 Å².